The number of nitrogens with zero attached hydrogens (tertiary/aromatic N) is 1. The van der Waals surface area contributed by atoms with E-state index in [1.54, 1.807) is 54.6 Å². The average molecular weight is 446 g/mol. The summed E-state index contributed by atoms with van der Waals surface area (Å²) in [5.41, 5.74) is 3.27. The van der Waals surface area contributed by atoms with Gasteiger partial charge in [0.15, 0.2) is 0 Å². The van der Waals surface area contributed by atoms with E-state index in [1.807, 2.05) is 6.92 Å². The number of hydrogen-bond acceptors (Lipinski definition) is 5. The van der Waals surface area contributed by atoms with Crippen LogP contribution in [0.1, 0.15) is 12.7 Å². The summed E-state index contributed by atoms with van der Waals surface area (Å²) in [6.45, 7) is 2.25. The van der Waals surface area contributed by atoms with Crippen LogP contribution in [-0.2, 0) is 9.59 Å². The van der Waals surface area contributed by atoms with Gasteiger partial charge in [-0.1, -0.05) is 35.3 Å². The molecule has 2 aromatic carbocycles. The van der Waals surface area contributed by atoms with Gasteiger partial charge in [0.25, 0.3) is 0 Å². The third-order valence-electron chi connectivity index (χ3n) is 3.83. The highest BCUT2D eigenvalue weighted by molar-refractivity contribution is 6.42. The van der Waals surface area contributed by atoms with Crippen LogP contribution in [0.4, 0.5) is 5.69 Å². The number of rotatable bonds is 6. The van der Waals surface area contributed by atoms with Gasteiger partial charge in [0, 0.05) is 5.56 Å². The number of ether oxygens (including phenoxy) is 1. The molecule has 0 bridgehead atoms. The summed E-state index contributed by atoms with van der Waals surface area (Å²) in [5, 5.41) is 7.08. The Morgan fingerprint density at radius 3 is 2.63 bits per heavy atom. The predicted molar refractivity (Wildman–Crippen MR) is 116 cm³/mol. The number of benzene rings is 2. The number of para-hydroxylation sites is 2. The summed E-state index contributed by atoms with van der Waals surface area (Å²) in [4.78, 5) is 24.0. The SMILES string of the molecule is CCOc1ccccc1NC(=O)C(=O)N/N=C/c1ccc(-c2ccc(Cl)c(Cl)c2)o1. The van der Waals surface area contributed by atoms with E-state index in [9.17, 15) is 9.59 Å². The van der Waals surface area contributed by atoms with Crippen molar-refractivity contribution in [1.82, 2.24) is 5.43 Å². The predicted octanol–water partition coefficient (Wildman–Crippen LogP) is 4.74. The summed E-state index contributed by atoms with van der Waals surface area (Å²) in [5.74, 6) is -0.427. The minimum atomic E-state index is -0.936. The van der Waals surface area contributed by atoms with Gasteiger partial charge < -0.3 is 14.5 Å². The first-order chi connectivity index (χ1) is 14.5. The van der Waals surface area contributed by atoms with Gasteiger partial charge in [-0.25, -0.2) is 5.43 Å². The second-order valence-electron chi connectivity index (χ2n) is 5.91. The molecule has 2 N–H and O–H groups in total. The number of nitrogens with one attached hydrogen (secondary N) is 2. The molecule has 1 aromatic heterocycles. The molecule has 0 aliphatic rings. The number of carbonyl (C=O) groups is 2. The summed E-state index contributed by atoms with van der Waals surface area (Å²) >= 11 is 11.9. The van der Waals surface area contributed by atoms with Gasteiger partial charge in [-0.15, -0.1) is 0 Å². The van der Waals surface area contributed by atoms with Crippen LogP contribution in [-0.4, -0.2) is 24.6 Å². The van der Waals surface area contributed by atoms with Gasteiger partial charge in [0.2, 0.25) is 0 Å². The van der Waals surface area contributed by atoms with Crippen LogP contribution in [0.15, 0.2) is 64.1 Å². The minimum Gasteiger partial charge on any atom is -0.492 e. The van der Waals surface area contributed by atoms with E-state index in [2.05, 4.69) is 15.8 Å². The first-order valence-corrected chi connectivity index (χ1v) is 9.65. The molecule has 0 unspecified atom stereocenters. The molecule has 3 aromatic rings. The van der Waals surface area contributed by atoms with Crippen molar-refractivity contribution in [3.8, 4) is 17.1 Å². The molecule has 0 aliphatic heterocycles. The van der Waals surface area contributed by atoms with Crippen LogP contribution in [0.3, 0.4) is 0 Å². The molecule has 0 saturated heterocycles. The van der Waals surface area contributed by atoms with E-state index in [4.69, 9.17) is 32.4 Å². The first kappa shape index (κ1) is 21.4. The van der Waals surface area contributed by atoms with Crippen molar-refractivity contribution in [1.29, 1.82) is 0 Å². The lowest BCUT2D eigenvalue weighted by atomic mass is 10.2. The van der Waals surface area contributed by atoms with Crippen LogP contribution in [0.5, 0.6) is 5.75 Å². The fourth-order valence-electron chi connectivity index (χ4n) is 2.46. The molecule has 154 valence electrons. The summed E-state index contributed by atoms with van der Waals surface area (Å²) in [6.07, 6.45) is 1.28. The zero-order chi connectivity index (χ0) is 21.5. The van der Waals surface area contributed by atoms with Crippen LogP contribution in [0, 0.1) is 0 Å². The van der Waals surface area contributed by atoms with Gasteiger partial charge in [0.05, 0.1) is 28.6 Å². The fourth-order valence-corrected chi connectivity index (χ4v) is 2.76. The van der Waals surface area contributed by atoms with Crippen LogP contribution in [0.25, 0.3) is 11.3 Å². The third-order valence-corrected chi connectivity index (χ3v) is 4.57. The normalized spacial score (nSPS) is 10.8. The summed E-state index contributed by atoms with van der Waals surface area (Å²) in [7, 11) is 0. The standard InChI is InChI=1S/C21H17Cl2N3O4/c1-2-29-19-6-4-3-5-17(19)25-20(27)21(28)26-24-12-14-8-10-18(30-14)13-7-9-15(22)16(23)11-13/h3-12H,2H2,1H3,(H,25,27)(H,26,28)/b24-12+. The monoisotopic (exact) mass is 445 g/mol. The molecule has 0 fully saturated rings. The summed E-state index contributed by atoms with van der Waals surface area (Å²) in [6, 6.07) is 15.3. The molecule has 0 saturated carbocycles. The van der Waals surface area contributed by atoms with E-state index < -0.39 is 11.8 Å². The summed E-state index contributed by atoms with van der Waals surface area (Å²) < 4.78 is 11.0. The number of hydrogen-bond donors (Lipinski definition) is 2. The molecule has 0 aliphatic carbocycles. The Balaban J connectivity index is 1.59. The lowest BCUT2D eigenvalue weighted by molar-refractivity contribution is -0.136. The maximum Gasteiger partial charge on any atom is 0.329 e. The van der Waals surface area contributed by atoms with Crippen molar-refractivity contribution >= 4 is 46.9 Å². The van der Waals surface area contributed by atoms with Crippen molar-refractivity contribution in [2.75, 3.05) is 11.9 Å². The molecule has 9 heteroatoms. The molecule has 0 spiro atoms. The molecular weight excluding hydrogens is 429 g/mol. The first-order valence-electron chi connectivity index (χ1n) is 8.89. The molecule has 1 heterocycles. The largest absolute Gasteiger partial charge is 0.492 e. The van der Waals surface area contributed by atoms with Crippen LogP contribution < -0.4 is 15.5 Å². The topological polar surface area (TPSA) is 92.9 Å². The number of hydrazone groups is 1. The highest BCUT2D eigenvalue weighted by atomic mass is 35.5. The van der Waals surface area contributed by atoms with E-state index >= 15 is 0 Å². The van der Waals surface area contributed by atoms with E-state index in [-0.39, 0.29) is 0 Å². The number of furan rings is 1. The molecule has 3 rings (SSSR count). The Morgan fingerprint density at radius 1 is 1.07 bits per heavy atom. The van der Waals surface area contributed by atoms with Crippen molar-refractivity contribution in [3.05, 3.63) is 70.4 Å². The highest BCUT2D eigenvalue weighted by Crippen LogP contribution is 2.29. The Labute approximate surface area is 182 Å². The van der Waals surface area contributed by atoms with Crippen molar-refractivity contribution in [3.63, 3.8) is 0 Å². The fraction of sp³-hybridized carbons (Fsp3) is 0.0952. The number of carbonyl (C=O) groups excluding carboxylic acids is 2. The molecule has 2 amide bonds. The van der Waals surface area contributed by atoms with Gasteiger partial charge >= 0.3 is 11.8 Å². The third kappa shape index (κ3) is 5.40. The molecule has 0 atom stereocenters. The molecular formula is C21H17Cl2N3O4. The Morgan fingerprint density at radius 2 is 1.87 bits per heavy atom. The van der Waals surface area contributed by atoms with Crippen molar-refractivity contribution in [2.24, 2.45) is 5.10 Å². The molecule has 7 nitrogen and oxygen atoms in total. The van der Waals surface area contributed by atoms with E-state index in [0.717, 1.165) is 5.56 Å². The number of anilines is 1. The zero-order valence-corrected chi connectivity index (χ0v) is 17.3. The maximum atomic E-state index is 12.1. The van der Waals surface area contributed by atoms with Crippen LogP contribution >= 0.6 is 23.2 Å². The molecule has 30 heavy (non-hydrogen) atoms. The van der Waals surface area contributed by atoms with Gasteiger partial charge in [-0.05, 0) is 49.4 Å². The van der Waals surface area contributed by atoms with Gasteiger partial charge in [0.1, 0.15) is 17.3 Å². The van der Waals surface area contributed by atoms with E-state index in [0.29, 0.717) is 39.6 Å². The number of amides is 2. The Kier molecular flexibility index (Phi) is 7.11. The lowest BCUT2D eigenvalue weighted by Crippen LogP contribution is -2.32. The second-order valence-corrected chi connectivity index (χ2v) is 6.73. The molecule has 0 radical (unpaired) electrons. The minimum absolute atomic E-state index is 0.374. The highest BCUT2D eigenvalue weighted by Gasteiger charge is 2.15. The Hall–Kier alpha value is -3.29. The average Bonchev–Trinajstić information content (AvgIpc) is 3.20. The Bertz CT molecular complexity index is 1100. The zero-order valence-electron chi connectivity index (χ0n) is 15.8. The number of halogens is 2. The van der Waals surface area contributed by atoms with Gasteiger partial charge in [-0.3, -0.25) is 9.59 Å². The second kappa shape index (κ2) is 9.96. The quantitative estimate of drug-likeness (QED) is 0.325. The van der Waals surface area contributed by atoms with Crippen molar-refractivity contribution < 1.29 is 18.7 Å². The van der Waals surface area contributed by atoms with Gasteiger partial charge in [-0.2, -0.15) is 5.10 Å². The maximum absolute atomic E-state index is 12.1. The van der Waals surface area contributed by atoms with Crippen LogP contribution in [0.2, 0.25) is 10.0 Å². The van der Waals surface area contributed by atoms with E-state index in [1.165, 1.54) is 6.21 Å². The van der Waals surface area contributed by atoms with Crippen molar-refractivity contribution in [2.45, 2.75) is 6.92 Å². The smallest absolute Gasteiger partial charge is 0.329 e. The lowest BCUT2D eigenvalue weighted by Gasteiger charge is -2.10.